The summed E-state index contributed by atoms with van der Waals surface area (Å²) in [5.41, 5.74) is 0.926. The molecule has 0 radical (unpaired) electrons. The fraction of sp³-hybridized carbons (Fsp3) is 0.235. The third-order valence-corrected chi connectivity index (χ3v) is 3.32. The Hall–Kier alpha value is -2.56. The molecule has 0 fully saturated rings. The molecule has 0 unspecified atom stereocenters. The average Bonchev–Trinajstić information content (AvgIpc) is 2.54. The monoisotopic (exact) mass is 303 g/mol. The van der Waals surface area contributed by atoms with Crippen molar-refractivity contribution in [2.45, 2.75) is 6.54 Å². The van der Waals surface area contributed by atoms with E-state index in [4.69, 9.17) is 9.47 Å². The number of amides is 1. The molecule has 0 atom stereocenters. The first-order valence-corrected chi connectivity index (χ1v) is 6.77. The van der Waals surface area contributed by atoms with Crippen molar-refractivity contribution in [2.75, 3.05) is 21.3 Å². The van der Waals surface area contributed by atoms with Gasteiger partial charge < -0.3 is 14.4 Å². The van der Waals surface area contributed by atoms with Crippen LogP contribution in [-0.2, 0) is 6.54 Å². The van der Waals surface area contributed by atoms with Gasteiger partial charge in [-0.3, -0.25) is 4.79 Å². The van der Waals surface area contributed by atoms with Crippen LogP contribution in [0, 0.1) is 5.82 Å². The first-order chi connectivity index (χ1) is 10.6. The van der Waals surface area contributed by atoms with Crippen LogP contribution < -0.4 is 9.47 Å². The molecular formula is C17H18FNO3. The van der Waals surface area contributed by atoms with Gasteiger partial charge in [0.25, 0.3) is 5.91 Å². The van der Waals surface area contributed by atoms with Gasteiger partial charge in [0.2, 0.25) is 0 Å². The van der Waals surface area contributed by atoms with Gasteiger partial charge in [-0.1, -0.05) is 18.2 Å². The maximum atomic E-state index is 13.7. The topological polar surface area (TPSA) is 38.8 Å². The molecule has 2 aromatic rings. The minimum atomic E-state index is -0.522. The van der Waals surface area contributed by atoms with Gasteiger partial charge in [0.05, 0.1) is 19.8 Å². The summed E-state index contributed by atoms with van der Waals surface area (Å²) in [4.78, 5) is 13.7. The first kappa shape index (κ1) is 15.8. The lowest BCUT2D eigenvalue weighted by Crippen LogP contribution is -2.27. The predicted octanol–water partition coefficient (Wildman–Crippen LogP) is 3.12. The summed E-state index contributed by atoms with van der Waals surface area (Å²) in [5.74, 6) is 0.320. The Bertz CT molecular complexity index is 673. The maximum absolute atomic E-state index is 13.7. The fourth-order valence-corrected chi connectivity index (χ4v) is 2.16. The summed E-state index contributed by atoms with van der Waals surface area (Å²) in [6, 6.07) is 11.4. The van der Waals surface area contributed by atoms with Crippen LogP contribution in [0.4, 0.5) is 4.39 Å². The van der Waals surface area contributed by atoms with Gasteiger partial charge in [-0.2, -0.15) is 0 Å². The van der Waals surface area contributed by atoms with E-state index >= 15 is 0 Å². The third kappa shape index (κ3) is 3.36. The second kappa shape index (κ2) is 6.93. The first-order valence-electron chi connectivity index (χ1n) is 6.77. The van der Waals surface area contributed by atoms with Crippen LogP contribution in [-0.4, -0.2) is 32.1 Å². The van der Waals surface area contributed by atoms with Crippen LogP contribution in [0.15, 0.2) is 42.5 Å². The number of rotatable bonds is 5. The number of benzene rings is 2. The summed E-state index contributed by atoms with van der Waals surface area (Å²) in [7, 11) is 4.74. The molecule has 1 amide bonds. The van der Waals surface area contributed by atoms with Gasteiger partial charge in [0.15, 0.2) is 11.5 Å². The van der Waals surface area contributed by atoms with E-state index in [0.29, 0.717) is 18.0 Å². The van der Waals surface area contributed by atoms with Gasteiger partial charge in [0.1, 0.15) is 5.82 Å². The molecule has 5 heteroatoms. The lowest BCUT2D eigenvalue weighted by atomic mass is 10.1. The highest BCUT2D eigenvalue weighted by atomic mass is 19.1. The van der Waals surface area contributed by atoms with Gasteiger partial charge in [-0.05, 0) is 29.8 Å². The third-order valence-electron chi connectivity index (χ3n) is 3.32. The van der Waals surface area contributed by atoms with E-state index in [9.17, 15) is 9.18 Å². The number of methoxy groups -OCH3 is 2. The molecular weight excluding hydrogens is 285 g/mol. The fourth-order valence-electron chi connectivity index (χ4n) is 2.16. The van der Waals surface area contributed by atoms with Crippen molar-refractivity contribution in [1.82, 2.24) is 4.90 Å². The van der Waals surface area contributed by atoms with Gasteiger partial charge in [-0.15, -0.1) is 0 Å². The normalized spacial score (nSPS) is 10.2. The van der Waals surface area contributed by atoms with Crippen molar-refractivity contribution < 1.29 is 18.7 Å². The lowest BCUT2D eigenvalue weighted by Gasteiger charge is -2.18. The molecule has 0 N–H and O–H groups in total. The van der Waals surface area contributed by atoms with Gasteiger partial charge >= 0.3 is 0 Å². The number of carbonyl (C=O) groups is 1. The van der Waals surface area contributed by atoms with Crippen LogP contribution in [0.1, 0.15) is 15.9 Å². The van der Waals surface area contributed by atoms with Crippen molar-refractivity contribution in [3.8, 4) is 11.5 Å². The number of hydrogen-bond donors (Lipinski definition) is 0. The Morgan fingerprint density at radius 3 is 2.41 bits per heavy atom. The minimum absolute atomic E-state index is 0.0606. The molecule has 0 aliphatic carbocycles. The number of halogens is 1. The largest absolute Gasteiger partial charge is 0.493 e. The predicted molar refractivity (Wildman–Crippen MR) is 81.7 cm³/mol. The van der Waals surface area contributed by atoms with E-state index in [1.54, 1.807) is 45.5 Å². The zero-order valence-corrected chi connectivity index (χ0v) is 12.8. The van der Waals surface area contributed by atoms with Crippen molar-refractivity contribution in [3.05, 3.63) is 59.4 Å². The molecule has 116 valence electrons. The second-order valence-electron chi connectivity index (χ2n) is 4.83. The van der Waals surface area contributed by atoms with Crippen molar-refractivity contribution in [2.24, 2.45) is 0 Å². The summed E-state index contributed by atoms with van der Waals surface area (Å²) < 4.78 is 24.1. The highest BCUT2D eigenvalue weighted by molar-refractivity contribution is 5.94. The molecule has 2 aromatic carbocycles. The van der Waals surface area contributed by atoms with Crippen LogP contribution >= 0.6 is 0 Å². The Morgan fingerprint density at radius 2 is 1.77 bits per heavy atom. The molecule has 0 aliphatic rings. The molecule has 0 aliphatic heterocycles. The molecule has 4 nitrogen and oxygen atoms in total. The minimum Gasteiger partial charge on any atom is -0.493 e. The van der Waals surface area contributed by atoms with E-state index in [1.807, 2.05) is 6.07 Å². The second-order valence-corrected chi connectivity index (χ2v) is 4.83. The Kier molecular flexibility index (Phi) is 4.99. The maximum Gasteiger partial charge on any atom is 0.256 e. The van der Waals surface area contributed by atoms with Crippen molar-refractivity contribution >= 4 is 5.91 Å². The summed E-state index contributed by atoms with van der Waals surface area (Å²) in [6.45, 7) is 0.341. The van der Waals surface area contributed by atoms with Crippen LogP contribution in [0.5, 0.6) is 11.5 Å². The molecule has 0 saturated heterocycles. The summed E-state index contributed by atoms with van der Waals surface area (Å²) >= 11 is 0. The van der Waals surface area contributed by atoms with Crippen LogP contribution in [0.3, 0.4) is 0 Å². The van der Waals surface area contributed by atoms with E-state index < -0.39 is 5.82 Å². The number of hydrogen-bond acceptors (Lipinski definition) is 3. The molecule has 2 rings (SSSR count). The quantitative estimate of drug-likeness (QED) is 0.852. The molecule has 0 heterocycles. The van der Waals surface area contributed by atoms with Gasteiger partial charge in [0, 0.05) is 13.6 Å². The number of nitrogens with zero attached hydrogens (tertiary/aromatic N) is 1. The van der Waals surface area contributed by atoms with E-state index in [-0.39, 0.29) is 11.5 Å². The standard InChI is InChI=1S/C17H18FNO3/c1-19(17(20)13-6-4-5-7-14(13)18)11-12-8-9-15(21-2)16(10-12)22-3/h4-10H,11H2,1-3H3. The molecule has 0 saturated carbocycles. The van der Waals surface area contributed by atoms with Crippen molar-refractivity contribution in [1.29, 1.82) is 0 Å². The number of carbonyl (C=O) groups excluding carboxylic acids is 1. The highest BCUT2D eigenvalue weighted by Crippen LogP contribution is 2.28. The lowest BCUT2D eigenvalue weighted by molar-refractivity contribution is 0.0780. The SMILES string of the molecule is COc1ccc(CN(C)C(=O)c2ccccc2F)cc1OC. The highest BCUT2D eigenvalue weighted by Gasteiger charge is 2.16. The van der Waals surface area contributed by atoms with Crippen LogP contribution in [0.2, 0.25) is 0 Å². The Labute approximate surface area is 129 Å². The molecule has 0 aromatic heterocycles. The zero-order valence-electron chi connectivity index (χ0n) is 12.8. The van der Waals surface area contributed by atoms with E-state index in [2.05, 4.69) is 0 Å². The average molecular weight is 303 g/mol. The van der Waals surface area contributed by atoms with E-state index in [0.717, 1.165) is 5.56 Å². The molecule has 0 spiro atoms. The summed E-state index contributed by atoms with van der Waals surface area (Å²) in [6.07, 6.45) is 0. The van der Waals surface area contributed by atoms with Crippen molar-refractivity contribution in [3.63, 3.8) is 0 Å². The van der Waals surface area contributed by atoms with Gasteiger partial charge in [-0.25, -0.2) is 4.39 Å². The molecule has 22 heavy (non-hydrogen) atoms. The smallest absolute Gasteiger partial charge is 0.256 e. The zero-order chi connectivity index (χ0) is 16.1. The summed E-state index contributed by atoms with van der Waals surface area (Å²) in [5, 5.41) is 0. The number of ether oxygens (including phenoxy) is 2. The Balaban J connectivity index is 2.17. The Morgan fingerprint density at radius 1 is 1.09 bits per heavy atom. The van der Waals surface area contributed by atoms with Crippen LogP contribution in [0.25, 0.3) is 0 Å². The van der Waals surface area contributed by atoms with E-state index in [1.165, 1.54) is 17.0 Å². The molecule has 0 bridgehead atoms.